The minimum absolute atomic E-state index is 0.135. The highest BCUT2D eigenvalue weighted by atomic mass is 16.5. The molecule has 0 N–H and O–H groups in total. The van der Waals surface area contributed by atoms with Crippen LogP contribution >= 0.6 is 0 Å². The first kappa shape index (κ1) is 15.3. The minimum Gasteiger partial charge on any atom is -0.462 e. The standard InChI is InChI=1S/C20H15NO4/c1-2-11-25-20(24)15-14-9-5-6-10-21(14)17-16(15)18(22)12-7-3-4-8-13(12)19(17)23/h3-10H,2,11H2,1H3. The third kappa shape index (κ3) is 2.12. The lowest BCUT2D eigenvalue weighted by atomic mass is 9.86. The van der Waals surface area contributed by atoms with Gasteiger partial charge in [0.05, 0.1) is 23.3 Å². The summed E-state index contributed by atoms with van der Waals surface area (Å²) in [4.78, 5) is 38.7. The number of carbonyl (C=O) groups excluding carboxylic acids is 3. The molecular weight excluding hydrogens is 318 g/mol. The lowest BCUT2D eigenvalue weighted by Gasteiger charge is -2.15. The Kier molecular flexibility index (Phi) is 3.50. The van der Waals surface area contributed by atoms with Crippen LogP contribution in [-0.2, 0) is 4.74 Å². The zero-order valence-corrected chi connectivity index (χ0v) is 13.6. The molecule has 1 aliphatic rings. The molecule has 0 unspecified atom stereocenters. The molecule has 2 aromatic heterocycles. The number of benzene rings is 1. The van der Waals surface area contributed by atoms with E-state index in [1.165, 1.54) is 0 Å². The average Bonchev–Trinajstić information content (AvgIpc) is 3.00. The van der Waals surface area contributed by atoms with Gasteiger partial charge in [-0.2, -0.15) is 0 Å². The van der Waals surface area contributed by atoms with Crippen LogP contribution in [0.2, 0.25) is 0 Å². The molecule has 2 heterocycles. The first-order chi connectivity index (χ1) is 12.1. The normalized spacial score (nSPS) is 12.8. The number of rotatable bonds is 3. The smallest absolute Gasteiger partial charge is 0.341 e. The second-order valence-electron chi connectivity index (χ2n) is 5.89. The number of ether oxygens (including phenoxy) is 1. The molecule has 5 heteroatoms. The Labute approximate surface area is 143 Å². The highest BCUT2D eigenvalue weighted by Gasteiger charge is 2.38. The Morgan fingerprint density at radius 1 is 1.00 bits per heavy atom. The van der Waals surface area contributed by atoms with Crippen molar-refractivity contribution >= 4 is 23.1 Å². The number of hydrogen-bond donors (Lipinski definition) is 0. The molecule has 3 aromatic rings. The molecule has 0 amide bonds. The van der Waals surface area contributed by atoms with E-state index < -0.39 is 5.97 Å². The molecule has 124 valence electrons. The van der Waals surface area contributed by atoms with Crippen molar-refractivity contribution in [2.45, 2.75) is 13.3 Å². The molecule has 1 aliphatic carbocycles. The molecule has 0 aliphatic heterocycles. The lowest BCUT2D eigenvalue weighted by molar-refractivity contribution is 0.0505. The van der Waals surface area contributed by atoms with Crippen molar-refractivity contribution in [2.75, 3.05) is 6.61 Å². The molecule has 5 nitrogen and oxygen atoms in total. The number of esters is 1. The Morgan fingerprint density at radius 2 is 1.68 bits per heavy atom. The zero-order chi connectivity index (χ0) is 17.6. The van der Waals surface area contributed by atoms with Crippen LogP contribution in [0.5, 0.6) is 0 Å². The summed E-state index contributed by atoms with van der Waals surface area (Å²) in [6, 6.07) is 11.9. The fourth-order valence-electron chi connectivity index (χ4n) is 3.27. The van der Waals surface area contributed by atoms with Crippen LogP contribution in [0.25, 0.3) is 5.52 Å². The summed E-state index contributed by atoms with van der Waals surface area (Å²) in [5.74, 6) is -1.16. The van der Waals surface area contributed by atoms with Crippen LogP contribution in [0.3, 0.4) is 0 Å². The van der Waals surface area contributed by atoms with Gasteiger partial charge in [0.15, 0.2) is 5.78 Å². The molecule has 0 bridgehead atoms. The van der Waals surface area contributed by atoms with Crippen LogP contribution in [0.4, 0.5) is 0 Å². The van der Waals surface area contributed by atoms with Crippen molar-refractivity contribution in [3.8, 4) is 0 Å². The van der Waals surface area contributed by atoms with Crippen LogP contribution in [-0.4, -0.2) is 28.5 Å². The van der Waals surface area contributed by atoms with Crippen molar-refractivity contribution in [2.24, 2.45) is 0 Å². The van der Waals surface area contributed by atoms with Crippen LogP contribution in [0.15, 0.2) is 48.7 Å². The largest absolute Gasteiger partial charge is 0.462 e. The highest BCUT2D eigenvalue weighted by Crippen LogP contribution is 2.34. The van der Waals surface area contributed by atoms with E-state index in [9.17, 15) is 14.4 Å². The summed E-state index contributed by atoms with van der Waals surface area (Å²) >= 11 is 0. The third-order valence-electron chi connectivity index (χ3n) is 4.34. The van der Waals surface area contributed by atoms with Crippen LogP contribution < -0.4 is 0 Å². The average molecular weight is 333 g/mol. The van der Waals surface area contributed by atoms with E-state index in [0.29, 0.717) is 23.1 Å². The molecule has 0 spiro atoms. The van der Waals surface area contributed by atoms with E-state index in [-0.39, 0.29) is 35.0 Å². The van der Waals surface area contributed by atoms with Gasteiger partial charge in [0.2, 0.25) is 5.78 Å². The van der Waals surface area contributed by atoms with Gasteiger partial charge in [0.1, 0.15) is 5.69 Å². The summed E-state index contributed by atoms with van der Waals surface area (Å²) in [6.07, 6.45) is 2.36. The van der Waals surface area contributed by atoms with E-state index in [0.717, 1.165) is 0 Å². The molecule has 25 heavy (non-hydrogen) atoms. The van der Waals surface area contributed by atoms with Gasteiger partial charge in [-0.3, -0.25) is 9.59 Å². The predicted molar refractivity (Wildman–Crippen MR) is 91.3 cm³/mol. The maximum Gasteiger partial charge on any atom is 0.341 e. The zero-order valence-electron chi connectivity index (χ0n) is 13.6. The SMILES string of the molecule is CCCOC(=O)c1c2c(n3ccccc13)C(=O)c1ccccc1C2=O. The first-order valence-corrected chi connectivity index (χ1v) is 8.13. The second kappa shape index (κ2) is 5.70. The molecule has 0 atom stereocenters. The molecule has 0 fully saturated rings. The van der Waals surface area contributed by atoms with E-state index in [2.05, 4.69) is 0 Å². The summed E-state index contributed by atoms with van der Waals surface area (Å²) in [5.41, 5.74) is 1.70. The first-order valence-electron chi connectivity index (χ1n) is 8.13. The van der Waals surface area contributed by atoms with Crippen molar-refractivity contribution < 1.29 is 19.1 Å². The van der Waals surface area contributed by atoms with Gasteiger partial charge >= 0.3 is 5.97 Å². The molecule has 0 saturated heterocycles. The summed E-state index contributed by atoms with van der Waals surface area (Å²) < 4.78 is 6.87. The van der Waals surface area contributed by atoms with Gasteiger partial charge in [-0.1, -0.05) is 37.3 Å². The Bertz CT molecular complexity index is 1050. The number of aromatic nitrogens is 1. The molecule has 1 aromatic carbocycles. The fraction of sp³-hybridized carbons (Fsp3) is 0.150. The quantitative estimate of drug-likeness (QED) is 0.540. The highest BCUT2D eigenvalue weighted by molar-refractivity contribution is 6.31. The summed E-state index contributed by atoms with van der Waals surface area (Å²) in [5, 5.41) is 0. The van der Waals surface area contributed by atoms with Crippen LogP contribution in [0.1, 0.15) is 55.7 Å². The monoisotopic (exact) mass is 333 g/mol. The van der Waals surface area contributed by atoms with Crippen molar-refractivity contribution in [1.82, 2.24) is 4.40 Å². The number of pyridine rings is 1. The Hall–Kier alpha value is -3.21. The number of nitrogens with zero attached hydrogens (tertiary/aromatic N) is 1. The van der Waals surface area contributed by atoms with Gasteiger partial charge in [-0.25, -0.2) is 4.79 Å². The van der Waals surface area contributed by atoms with Crippen LogP contribution in [0, 0.1) is 0 Å². The minimum atomic E-state index is -0.577. The van der Waals surface area contributed by atoms with Gasteiger partial charge in [-0.15, -0.1) is 0 Å². The van der Waals surface area contributed by atoms with Crippen molar-refractivity contribution in [3.05, 3.63) is 76.6 Å². The van der Waals surface area contributed by atoms with Gasteiger partial charge < -0.3 is 9.14 Å². The van der Waals surface area contributed by atoms with Gasteiger partial charge in [0, 0.05) is 17.3 Å². The predicted octanol–water partition coefficient (Wildman–Crippen LogP) is 3.28. The maximum absolute atomic E-state index is 13.0. The third-order valence-corrected chi connectivity index (χ3v) is 4.34. The number of ketones is 2. The Morgan fingerprint density at radius 3 is 2.40 bits per heavy atom. The van der Waals surface area contributed by atoms with Crippen molar-refractivity contribution in [1.29, 1.82) is 0 Å². The van der Waals surface area contributed by atoms with E-state index in [1.807, 2.05) is 6.92 Å². The molecule has 0 radical (unpaired) electrons. The van der Waals surface area contributed by atoms with E-state index >= 15 is 0 Å². The van der Waals surface area contributed by atoms with E-state index in [1.54, 1.807) is 53.1 Å². The second-order valence-corrected chi connectivity index (χ2v) is 5.89. The van der Waals surface area contributed by atoms with Gasteiger partial charge in [-0.05, 0) is 18.6 Å². The number of fused-ring (bicyclic) bond motifs is 4. The van der Waals surface area contributed by atoms with Crippen molar-refractivity contribution in [3.63, 3.8) is 0 Å². The number of carbonyl (C=O) groups is 3. The molecule has 4 rings (SSSR count). The fourth-order valence-corrected chi connectivity index (χ4v) is 3.27. The van der Waals surface area contributed by atoms with E-state index in [4.69, 9.17) is 4.74 Å². The summed E-state index contributed by atoms with van der Waals surface area (Å²) in [7, 11) is 0. The Balaban J connectivity index is 2.04. The topological polar surface area (TPSA) is 64.8 Å². The lowest BCUT2D eigenvalue weighted by Crippen LogP contribution is -2.23. The molecular formula is C20H15NO4. The molecule has 0 saturated carbocycles. The van der Waals surface area contributed by atoms with Gasteiger partial charge in [0.25, 0.3) is 0 Å². The summed E-state index contributed by atoms with van der Waals surface area (Å²) in [6.45, 7) is 2.15. The maximum atomic E-state index is 13.0. The number of hydrogen-bond acceptors (Lipinski definition) is 4.